The zero-order chi connectivity index (χ0) is 31.3. The number of piperazine rings is 1. The monoisotopic (exact) mass is 609 g/mol. The third kappa shape index (κ3) is 7.21. The van der Waals surface area contributed by atoms with Crippen LogP contribution in [0.1, 0.15) is 29.7 Å². The van der Waals surface area contributed by atoms with Crippen LogP contribution in [0.5, 0.6) is 6.01 Å². The molecule has 0 bridgehead atoms. The molecule has 1 saturated carbocycles. The van der Waals surface area contributed by atoms with Crippen molar-refractivity contribution in [3.05, 3.63) is 76.8 Å². The number of fused-ring (bicyclic) bond motifs is 2. The molecule has 0 spiro atoms. The number of aryl methyl sites for hydroxylation is 1. The predicted molar refractivity (Wildman–Crippen MR) is 177 cm³/mol. The van der Waals surface area contributed by atoms with E-state index in [0.717, 1.165) is 42.9 Å². The first-order valence-corrected chi connectivity index (χ1v) is 16.0. The minimum absolute atomic E-state index is 0.0458. The Balaban J connectivity index is 1.27. The van der Waals surface area contributed by atoms with E-state index in [4.69, 9.17) is 26.0 Å². The summed E-state index contributed by atoms with van der Waals surface area (Å²) in [6.45, 7) is 14.8. The maximum Gasteiger partial charge on any atom is 0.318 e. The fraction of sp³-hybridized carbons (Fsp3) is 0.486. The predicted octanol–water partition coefficient (Wildman–Crippen LogP) is 4.11. The number of benzene rings is 2. The molecule has 2 aromatic carbocycles. The van der Waals surface area contributed by atoms with Crippen molar-refractivity contribution in [2.24, 2.45) is 0 Å². The second kappa shape index (κ2) is 13.8. The smallest absolute Gasteiger partial charge is 0.318 e. The first-order chi connectivity index (χ1) is 21.9. The number of hydrogen-bond donors (Lipinski definition) is 0. The van der Waals surface area contributed by atoms with Gasteiger partial charge in [0.25, 0.3) is 0 Å². The van der Waals surface area contributed by atoms with Gasteiger partial charge in [-0.1, -0.05) is 36.4 Å². The van der Waals surface area contributed by atoms with Gasteiger partial charge in [-0.25, -0.2) is 6.57 Å². The van der Waals surface area contributed by atoms with Gasteiger partial charge in [0.2, 0.25) is 12.5 Å². The summed E-state index contributed by atoms with van der Waals surface area (Å²) in [6, 6.07) is 13.1. The van der Waals surface area contributed by atoms with Crippen molar-refractivity contribution in [1.29, 1.82) is 0 Å². The Bertz CT molecular complexity index is 1590. The summed E-state index contributed by atoms with van der Waals surface area (Å²) in [5.41, 5.74) is 4.55. The Labute approximate surface area is 266 Å². The summed E-state index contributed by atoms with van der Waals surface area (Å²) >= 11 is 0. The lowest BCUT2D eigenvalue weighted by molar-refractivity contribution is -0.128. The van der Waals surface area contributed by atoms with Crippen molar-refractivity contribution in [2.75, 3.05) is 76.4 Å². The number of ether oxygens (including phenoxy) is 2. The number of aromatic nitrogens is 2. The van der Waals surface area contributed by atoms with Gasteiger partial charge in [0, 0.05) is 55.4 Å². The number of nitrogens with zero attached hydrogens (tertiary/aromatic N) is 7. The highest BCUT2D eigenvalue weighted by Crippen LogP contribution is 2.36. The van der Waals surface area contributed by atoms with Gasteiger partial charge in [0.05, 0.1) is 24.9 Å². The van der Waals surface area contributed by atoms with Crippen LogP contribution in [-0.2, 0) is 22.5 Å². The standard InChI is InChI=1S/C35H43N7O3/c1-25-8-5-9-26-10-6-11-31(33(25)26)40-17-15-29-30(24-40)37-35(45-21-20-44-28-13-14-28)38-34(29)41-18-19-42(27(23-41)22-36-2)32(43)12-7-16-39(3)4/h5-12,27-28H,13-24H2,1,3-4H3/b12-7+/t27-/m0/s1. The van der Waals surface area contributed by atoms with E-state index in [0.29, 0.717) is 58.1 Å². The minimum atomic E-state index is -0.228. The molecule has 10 heteroatoms. The van der Waals surface area contributed by atoms with Crippen molar-refractivity contribution in [3.8, 4) is 6.01 Å². The highest BCUT2D eigenvalue weighted by Gasteiger charge is 2.35. The number of anilines is 2. The van der Waals surface area contributed by atoms with Crippen molar-refractivity contribution >= 4 is 28.2 Å². The van der Waals surface area contributed by atoms with Crippen molar-refractivity contribution < 1.29 is 14.3 Å². The Morgan fingerprint density at radius 2 is 1.91 bits per heavy atom. The molecule has 45 heavy (non-hydrogen) atoms. The maximum atomic E-state index is 13.1. The van der Waals surface area contributed by atoms with Crippen LogP contribution in [0, 0.1) is 13.5 Å². The third-order valence-corrected chi connectivity index (χ3v) is 8.75. The summed E-state index contributed by atoms with van der Waals surface area (Å²) < 4.78 is 11.9. The minimum Gasteiger partial charge on any atom is -0.461 e. The fourth-order valence-corrected chi connectivity index (χ4v) is 6.33. The number of carbonyl (C=O) groups excluding carboxylic acids is 1. The molecule has 3 aliphatic rings. The molecule has 1 saturated heterocycles. The molecular weight excluding hydrogens is 566 g/mol. The van der Waals surface area contributed by atoms with E-state index in [1.807, 2.05) is 30.0 Å². The van der Waals surface area contributed by atoms with Crippen LogP contribution < -0.4 is 14.5 Å². The highest BCUT2D eigenvalue weighted by atomic mass is 16.5. The lowest BCUT2D eigenvalue weighted by atomic mass is 9.99. The quantitative estimate of drug-likeness (QED) is 0.183. The second-order valence-corrected chi connectivity index (χ2v) is 12.4. The van der Waals surface area contributed by atoms with Crippen LogP contribution in [0.3, 0.4) is 0 Å². The zero-order valence-electron chi connectivity index (χ0n) is 26.6. The van der Waals surface area contributed by atoms with Crippen LogP contribution in [0.15, 0.2) is 48.6 Å². The van der Waals surface area contributed by atoms with Crippen LogP contribution in [0.4, 0.5) is 11.5 Å². The zero-order valence-corrected chi connectivity index (χ0v) is 26.6. The summed E-state index contributed by atoms with van der Waals surface area (Å²) in [4.78, 5) is 35.2. The normalized spacial score (nSPS) is 18.5. The van der Waals surface area contributed by atoms with Gasteiger partial charge in [0.1, 0.15) is 18.5 Å². The lowest BCUT2D eigenvalue weighted by Crippen LogP contribution is -2.56. The maximum absolute atomic E-state index is 13.1. The number of amides is 1. The Hall–Kier alpha value is -4.20. The highest BCUT2D eigenvalue weighted by molar-refractivity contribution is 5.97. The molecule has 10 nitrogen and oxygen atoms in total. The molecule has 1 aliphatic carbocycles. The summed E-state index contributed by atoms with van der Waals surface area (Å²) in [5, 5.41) is 2.50. The molecule has 1 atom stereocenters. The van der Waals surface area contributed by atoms with Crippen molar-refractivity contribution in [2.45, 2.75) is 44.9 Å². The Morgan fingerprint density at radius 1 is 1.09 bits per heavy atom. The summed E-state index contributed by atoms with van der Waals surface area (Å²) in [7, 11) is 3.94. The Morgan fingerprint density at radius 3 is 2.69 bits per heavy atom. The van der Waals surface area contributed by atoms with Crippen LogP contribution >= 0.6 is 0 Å². The molecule has 0 radical (unpaired) electrons. The molecule has 1 aromatic heterocycles. The van der Waals surface area contributed by atoms with Crippen molar-refractivity contribution in [3.63, 3.8) is 0 Å². The first kappa shape index (κ1) is 30.8. The number of rotatable bonds is 11. The van der Waals surface area contributed by atoms with Gasteiger partial charge in [-0.2, -0.15) is 9.97 Å². The average Bonchev–Trinajstić information content (AvgIpc) is 3.87. The van der Waals surface area contributed by atoms with E-state index < -0.39 is 0 Å². The molecule has 1 amide bonds. The van der Waals surface area contributed by atoms with Crippen LogP contribution in [0.2, 0.25) is 0 Å². The summed E-state index contributed by atoms with van der Waals surface area (Å²) in [6.07, 6.45) is 6.91. The molecule has 236 valence electrons. The molecule has 0 N–H and O–H groups in total. The fourth-order valence-electron chi connectivity index (χ4n) is 6.33. The number of hydrogen-bond acceptors (Lipinski definition) is 8. The van der Waals surface area contributed by atoms with Gasteiger partial charge in [0.15, 0.2) is 0 Å². The second-order valence-electron chi connectivity index (χ2n) is 12.4. The molecule has 3 aromatic rings. The van der Waals surface area contributed by atoms with Crippen molar-refractivity contribution in [1.82, 2.24) is 19.8 Å². The molecular formula is C35H43N7O3. The van der Waals surface area contributed by atoms with E-state index in [1.54, 1.807) is 6.08 Å². The molecule has 2 fully saturated rings. The number of likely N-dealkylation sites (N-methyl/N-ethyl adjacent to an activating group) is 1. The van der Waals surface area contributed by atoms with Gasteiger partial charge >= 0.3 is 6.01 Å². The average molecular weight is 610 g/mol. The van der Waals surface area contributed by atoms with E-state index in [9.17, 15) is 4.79 Å². The topological polar surface area (TPSA) is 78.6 Å². The third-order valence-electron chi connectivity index (χ3n) is 8.75. The Kier molecular flexibility index (Phi) is 9.47. The molecule has 6 rings (SSSR count). The lowest BCUT2D eigenvalue weighted by Gasteiger charge is -2.41. The van der Waals surface area contributed by atoms with Gasteiger partial charge < -0.3 is 33.9 Å². The summed E-state index contributed by atoms with van der Waals surface area (Å²) in [5.74, 6) is 0.813. The van der Waals surface area contributed by atoms with Gasteiger partial charge in [-0.3, -0.25) is 4.79 Å². The van der Waals surface area contributed by atoms with Gasteiger partial charge in [-0.15, -0.1) is 0 Å². The molecule has 3 heterocycles. The first-order valence-electron chi connectivity index (χ1n) is 16.0. The van der Waals surface area contributed by atoms with E-state index in [-0.39, 0.29) is 18.5 Å². The SMILES string of the molecule is [C-]#[N+]C[C@H]1CN(c2nc(OCCOC3CC3)nc3c2CCN(c2cccc4cccc(C)c24)C3)CCN1C(=O)/C=C/CN(C)C. The van der Waals surface area contributed by atoms with E-state index >= 15 is 0 Å². The van der Waals surface area contributed by atoms with E-state index in [2.05, 4.69) is 58.0 Å². The largest absolute Gasteiger partial charge is 0.461 e. The van der Waals surface area contributed by atoms with Crippen LogP contribution in [-0.4, -0.2) is 104 Å². The molecule has 0 unspecified atom stereocenters. The van der Waals surface area contributed by atoms with E-state index in [1.165, 1.54) is 22.0 Å². The van der Waals surface area contributed by atoms with Crippen LogP contribution in [0.25, 0.3) is 15.6 Å². The molecule has 2 aliphatic heterocycles. The van der Waals surface area contributed by atoms with Gasteiger partial charge in [-0.05, 0) is 57.3 Å². The number of carbonyl (C=O) groups is 1.